The maximum atomic E-state index is 11.6. The highest BCUT2D eigenvalue weighted by Crippen LogP contribution is 2.02. The predicted molar refractivity (Wildman–Crippen MR) is 78.3 cm³/mol. The monoisotopic (exact) mass is 272 g/mol. The third kappa shape index (κ3) is 4.51. The van der Waals surface area contributed by atoms with E-state index in [0.29, 0.717) is 12.2 Å². The molecule has 0 unspecified atom stereocenters. The summed E-state index contributed by atoms with van der Waals surface area (Å²) >= 11 is 0. The predicted octanol–water partition coefficient (Wildman–Crippen LogP) is 1.66. The van der Waals surface area contributed by atoms with Crippen molar-refractivity contribution in [3.8, 4) is 0 Å². The minimum Gasteiger partial charge on any atom is -0.351 e. The number of imidazole rings is 1. The molecular weight excluding hydrogens is 252 g/mol. The van der Waals surface area contributed by atoms with Gasteiger partial charge < -0.3 is 15.2 Å². The summed E-state index contributed by atoms with van der Waals surface area (Å²) in [6, 6.07) is 10.4. The zero-order valence-corrected chi connectivity index (χ0v) is 11.7. The second-order valence-electron chi connectivity index (χ2n) is 4.80. The zero-order valence-electron chi connectivity index (χ0n) is 11.7. The molecule has 2 N–H and O–H groups in total. The fraction of sp³-hybridized carbons (Fsp3) is 0.333. The summed E-state index contributed by atoms with van der Waals surface area (Å²) in [5.41, 5.74) is 1.80. The lowest BCUT2D eigenvalue weighted by molar-refractivity contribution is 0.0947. The van der Waals surface area contributed by atoms with Crippen molar-refractivity contribution in [3.63, 3.8) is 0 Å². The molecule has 20 heavy (non-hydrogen) atoms. The van der Waals surface area contributed by atoms with Gasteiger partial charge in [0.25, 0.3) is 5.91 Å². The molecule has 2 aromatic rings. The first-order valence-electron chi connectivity index (χ1n) is 6.75. The van der Waals surface area contributed by atoms with E-state index >= 15 is 0 Å². The fourth-order valence-corrected chi connectivity index (χ4v) is 2.00. The van der Waals surface area contributed by atoms with Crippen molar-refractivity contribution in [2.45, 2.75) is 13.0 Å². The first-order valence-corrected chi connectivity index (χ1v) is 6.75. The summed E-state index contributed by atoms with van der Waals surface area (Å²) in [7, 11) is 2.09. The maximum absolute atomic E-state index is 11.6. The van der Waals surface area contributed by atoms with Crippen LogP contribution in [0.25, 0.3) is 0 Å². The lowest BCUT2D eigenvalue weighted by Gasteiger charge is -2.16. The summed E-state index contributed by atoms with van der Waals surface area (Å²) in [6.45, 7) is 2.53. The lowest BCUT2D eigenvalue weighted by atomic mass is 10.2. The Bertz CT molecular complexity index is 510. The van der Waals surface area contributed by atoms with Gasteiger partial charge in [-0.05, 0) is 25.6 Å². The van der Waals surface area contributed by atoms with Crippen LogP contribution in [0.15, 0.2) is 42.9 Å². The van der Waals surface area contributed by atoms with E-state index < -0.39 is 0 Å². The second kappa shape index (κ2) is 7.45. The molecule has 0 fully saturated rings. The van der Waals surface area contributed by atoms with E-state index in [4.69, 9.17) is 0 Å². The number of rotatable bonds is 7. The van der Waals surface area contributed by atoms with Gasteiger partial charge >= 0.3 is 0 Å². The smallest absolute Gasteiger partial charge is 0.269 e. The number of aromatic nitrogens is 2. The zero-order chi connectivity index (χ0) is 14.2. The highest BCUT2D eigenvalue weighted by Gasteiger charge is 2.05. The number of hydrogen-bond acceptors (Lipinski definition) is 3. The van der Waals surface area contributed by atoms with Crippen LogP contribution >= 0.6 is 0 Å². The Labute approximate surface area is 119 Å². The summed E-state index contributed by atoms with van der Waals surface area (Å²) < 4.78 is 0. The van der Waals surface area contributed by atoms with Crippen LogP contribution < -0.4 is 5.32 Å². The molecule has 0 radical (unpaired) electrons. The summed E-state index contributed by atoms with van der Waals surface area (Å²) in [4.78, 5) is 20.5. The molecule has 0 saturated carbocycles. The Morgan fingerprint density at radius 2 is 2.15 bits per heavy atom. The van der Waals surface area contributed by atoms with Crippen molar-refractivity contribution < 1.29 is 4.79 Å². The number of carbonyl (C=O) groups excluding carboxylic acids is 1. The average molecular weight is 272 g/mol. The van der Waals surface area contributed by atoms with Gasteiger partial charge in [0.15, 0.2) is 0 Å². The topological polar surface area (TPSA) is 61.0 Å². The first-order chi connectivity index (χ1) is 9.75. The number of nitrogens with zero attached hydrogens (tertiary/aromatic N) is 2. The molecule has 5 nitrogen and oxygen atoms in total. The number of amides is 1. The average Bonchev–Trinajstić information content (AvgIpc) is 2.99. The normalized spacial score (nSPS) is 10.7. The Morgan fingerprint density at radius 3 is 2.85 bits per heavy atom. The second-order valence-corrected chi connectivity index (χ2v) is 4.80. The van der Waals surface area contributed by atoms with Crippen LogP contribution in [0.3, 0.4) is 0 Å². The van der Waals surface area contributed by atoms with Crippen LogP contribution in [0.5, 0.6) is 0 Å². The van der Waals surface area contributed by atoms with Crippen molar-refractivity contribution in [3.05, 3.63) is 54.1 Å². The summed E-state index contributed by atoms with van der Waals surface area (Å²) in [6.07, 6.45) is 3.95. The molecule has 0 aliphatic carbocycles. The Kier molecular flexibility index (Phi) is 5.32. The minimum absolute atomic E-state index is 0.104. The SMILES string of the molecule is CN(CCCNC(=O)c1cnc[nH]1)Cc1ccccc1. The van der Waals surface area contributed by atoms with E-state index in [-0.39, 0.29) is 5.91 Å². The van der Waals surface area contributed by atoms with Gasteiger partial charge in [-0.15, -0.1) is 0 Å². The Hall–Kier alpha value is -2.14. The van der Waals surface area contributed by atoms with E-state index in [1.807, 2.05) is 18.2 Å². The number of benzene rings is 1. The van der Waals surface area contributed by atoms with Crippen LogP contribution in [0.4, 0.5) is 0 Å². The molecule has 1 aromatic carbocycles. The van der Waals surface area contributed by atoms with Crippen molar-refractivity contribution in [1.82, 2.24) is 20.2 Å². The molecular formula is C15H20N4O. The van der Waals surface area contributed by atoms with Gasteiger partial charge in [-0.3, -0.25) is 4.79 Å². The first kappa shape index (κ1) is 14.3. The number of carbonyl (C=O) groups is 1. The van der Waals surface area contributed by atoms with Gasteiger partial charge in [0.2, 0.25) is 0 Å². The van der Waals surface area contributed by atoms with E-state index in [1.54, 1.807) is 0 Å². The molecule has 1 heterocycles. The lowest BCUT2D eigenvalue weighted by Crippen LogP contribution is -2.28. The molecule has 0 bridgehead atoms. The van der Waals surface area contributed by atoms with Gasteiger partial charge in [0.05, 0.1) is 12.5 Å². The van der Waals surface area contributed by atoms with Gasteiger partial charge in [-0.1, -0.05) is 30.3 Å². The molecule has 2 rings (SSSR count). The summed E-state index contributed by atoms with van der Waals surface area (Å²) in [5.74, 6) is -0.104. The summed E-state index contributed by atoms with van der Waals surface area (Å²) in [5, 5.41) is 2.87. The van der Waals surface area contributed by atoms with Crippen molar-refractivity contribution in [2.24, 2.45) is 0 Å². The quantitative estimate of drug-likeness (QED) is 0.754. The van der Waals surface area contributed by atoms with Crippen LogP contribution in [0.2, 0.25) is 0 Å². The van der Waals surface area contributed by atoms with E-state index in [1.165, 1.54) is 18.1 Å². The maximum Gasteiger partial charge on any atom is 0.269 e. The van der Waals surface area contributed by atoms with Crippen LogP contribution in [-0.2, 0) is 6.54 Å². The molecule has 1 aromatic heterocycles. The van der Waals surface area contributed by atoms with Crippen molar-refractivity contribution in [1.29, 1.82) is 0 Å². The van der Waals surface area contributed by atoms with Gasteiger partial charge in [-0.2, -0.15) is 0 Å². The van der Waals surface area contributed by atoms with E-state index in [9.17, 15) is 4.79 Å². The Balaban J connectivity index is 1.62. The van der Waals surface area contributed by atoms with Crippen molar-refractivity contribution >= 4 is 5.91 Å². The third-order valence-corrected chi connectivity index (χ3v) is 3.04. The van der Waals surface area contributed by atoms with Crippen LogP contribution in [0.1, 0.15) is 22.5 Å². The molecule has 5 heteroatoms. The van der Waals surface area contributed by atoms with Gasteiger partial charge in [0, 0.05) is 13.1 Å². The fourth-order valence-electron chi connectivity index (χ4n) is 2.00. The standard InChI is InChI=1S/C15H20N4O/c1-19(11-13-6-3-2-4-7-13)9-5-8-17-15(20)14-10-16-12-18-14/h2-4,6-7,10,12H,5,8-9,11H2,1H3,(H,16,18)(H,17,20). The number of H-pyrrole nitrogens is 1. The number of nitrogens with one attached hydrogen (secondary N) is 2. The van der Waals surface area contributed by atoms with Gasteiger partial charge in [-0.25, -0.2) is 4.98 Å². The molecule has 0 spiro atoms. The van der Waals surface area contributed by atoms with E-state index in [2.05, 4.69) is 39.4 Å². The third-order valence-electron chi connectivity index (χ3n) is 3.04. The molecule has 0 saturated heterocycles. The molecule has 0 aliphatic heterocycles. The highest BCUT2D eigenvalue weighted by atomic mass is 16.1. The van der Waals surface area contributed by atoms with E-state index in [0.717, 1.165) is 19.5 Å². The number of aromatic amines is 1. The molecule has 106 valence electrons. The molecule has 1 amide bonds. The highest BCUT2D eigenvalue weighted by molar-refractivity contribution is 5.91. The van der Waals surface area contributed by atoms with Crippen LogP contribution in [0, 0.1) is 0 Å². The Morgan fingerprint density at radius 1 is 1.35 bits per heavy atom. The van der Waals surface area contributed by atoms with Crippen LogP contribution in [-0.4, -0.2) is 40.9 Å². The van der Waals surface area contributed by atoms with Gasteiger partial charge in [0.1, 0.15) is 5.69 Å². The molecule has 0 aliphatic rings. The number of hydrogen-bond donors (Lipinski definition) is 2. The molecule has 0 atom stereocenters. The van der Waals surface area contributed by atoms with Crippen molar-refractivity contribution in [2.75, 3.05) is 20.1 Å². The minimum atomic E-state index is -0.104. The largest absolute Gasteiger partial charge is 0.351 e.